The lowest BCUT2D eigenvalue weighted by Gasteiger charge is -2.56. The molecule has 0 aromatic heterocycles. The Balaban J connectivity index is 1.85. The quantitative estimate of drug-likeness (QED) is 0.763. The molecule has 1 spiro atoms. The minimum Gasteiger partial charge on any atom is -0.466 e. The van der Waals surface area contributed by atoms with E-state index in [1.165, 1.54) is 43.4 Å². The van der Waals surface area contributed by atoms with Gasteiger partial charge < -0.3 is 9.64 Å². The molecule has 4 nitrogen and oxygen atoms in total. The van der Waals surface area contributed by atoms with E-state index in [1.54, 1.807) is 0 Å². The summed E-state index contributed by atoms with van der Waals surface area (Å²) in [6.07, 6.45) is 5.53. The number of hydrogen-bond acceptors (Lipinski definition) is 4. The zero-order valence-corrected chi connectivity index (χ0v) is 16.0. The number of anilines is 1. The van der Waals surface area contributed by atoms with E-state index in [4.69, 9.17) is 4.74 Å². The van der Waals surface area contributed by atoms with Gasteiger partial charge in [0.05, 0.1) is 18.1 Å². The maximum atomic E-state index is 12.9. The number of methoxy groups -OCH3 is 1. The van der Waals surface area contributed by atoms with Gasteiger partial charge in [-0.2, -0.15) is 0 Å². The van der Waals surface area contributed by atoms with Gasteiger partial charge in [-0.3, -0.25) is 4.90 Å². The number of benzene rings is 1. The summed E-state index contributed by atoms with van der Waals surface area (Å²) in [5.41, 5.74) is 4.97. The standard InChI is InChI=1S/C22H28N2O2/c1-4-21-10-7-12-24-13-11-22(20(21)24)16-8-5-6-9-17(16)23(2)18(22)15(14-21)19(25)26-3/h5-6,8-9,20H,4,7,10-14H2,1-3H3/t20?,21-,22-/m0/s1. The molecule has 1 aromatic carbocycles. The van der Waals surface area contributed by atoms with Crippen LogP contribution in [0.5, 0.6) is 0 Å². The number of esters is 1. The Hall–Kier alpha value is -1.81. The first-order chi connectivity index (χ1) is 12.6. The monoisotopic (exact) mass is 352 g/mol. The van der Waals surface area contributed by atoms with Crippen LogP contribution < -0.4 is 4.90 Å². The van der Waals surface area contributed by atoms with Crippen LogP contribution in [0.1, 0.15) is 44.6 Å². The molecular weight excluding hydrogens is 324 g/mol. The molecule has 138 valence electrons. The van der Waals surface area contributed by atoms with E-state index < -0.39 is 0 Å². The van der Waals surface area contributed by atoms with Gasteiger partial charge in [-0.25, -0.2) is 4.79 Å². The first-order valence-corrected chi connectivity index (χ1v) is 9.98. The largest absolute Gasteiger partial charge is 0.466 e. The number of nitrogens with zero attached hydrogens (tertiary/aromatic N) is 2. The average molecular weight is 352 g/mol. The number of fused-ring (bicyclic) bond motifs is 1. The summed E-state index contributed by atoms with van der Waals surface area (Å²) in [6.45, 7) is 4.65. The van der Waals surface area contributed by atoms with E-state index in [-0.39, 0.29) is 16.8 Å². The molecule has 4 heteroatoms. The van der Waals surface area contributed by atoms with Crippen molar-refractivity contribution in [1.82, 2.24) is 4.90 Å². The highest BCUT2D eigenvalue weighted by Gasteiger charge is 2.67. The van der Waals surface area contributed by atoms with E-state index in [9.17, 15) is 4.79 Å². The number of carbonyl (C=O) groups is 1. The summed E-state index contributed by atoms with van der Waals surface area (Å²) in [7, 11) is 3.66. The fourth-order valence-corrected chi connectivity index (χ4v) is 6.92. The van der Waals surface area contributed by atoms with Crippen LogP contribution in [0.2, 0.25) is 0 Å². The van der Waals surface area contributed by atoms with Crippen molar-refractivity contribution in [3.05, 3.63) is 41.1 Å². The minimum atomic E-state index is -0.130. The zero-order chi connectivity index (χ0) is 18.1. The molecule has 2 saturated heterocycles. The average Bonchev–Trinajstić information content (AvgIpc) is 3.19. The molecule has 1 aliphatic carbocycles. The van der Waals surface area contributed by atoms with Crippen LogP contribution >= 0.6 is 0 Å². The first kappa shape index (κ1) is 16.4. The molecule has 3 aliphatic heterocycles. The third-order valence-corrected chi connectivity index (χ3v) is 7.78. The van der Waals surface area contributed by atoms with Gasteiger partial charge in [0, 0.05) is 24.5 Å². The van der Waals surface area contributed by atoms with Crippen molar-refractivity contribution >= 4 is 11.7 Å². The second-order valence-corrected chi connectivity index (χ2v) is 8.55. The van der Waals surface area contributed by atoms with Crippen LogP contribution in [-0.4, -0.2) is 44.2 Å². The second kappa shape index (κ2) is 5.35. The molecule has 0 amide bonds. The van der Waals surface area contributed by atoms with Crippen LogP contribution in [0.15, 0.2) is 35.5 Å². The summed E-state index contributed by atoms with van der Waals surface area (Å²) in [5.74, 6) is -0.130. The van der Waals surface area contributed by atoms with Crippen molar-refractivity contribution in [2.75, 3.05) is 32.1 Å². The van der Waals surface area contributed by atoms with E-state index in [0.29, 0.717) is 6.04 Å². The summed E-state index contributed by atoms with van der Waals surface area (Å²) in [6, 6.07) is 9.29. The van der Waals surface area contributed by atoms with Gasteiger partial charge in [0.2, 0.25) is 0 Å². The van der Waals surface area contributed by atoms with Crippen molar-refractivity contribution in [1.29, 1.82) is 0 Å². The topological polar surface area (TPSA) is 32.8 Å². The minimum absolute atomic E-state index is 0.0520. The normalized spacial score (nSPS) is 35.2. The number of carbonyl (C=O) groups excluding carboxylic acids is 1. The van der Waals surface area contributed by atoms with Crippen molar-refractivity contribution in [2.45, 2.75) is 50.5 Å². The van der Waals surface area contributed by atoms with Gasteiger partial charge in [0.1, 0.15) is 0 Å². The molecule has 4 aliphatic rings. The number of likely N-dealkylation sites (N-methyl/N-ethyl adjacent to an activating group) is 1. The Labute approximate surface area is 155 Å². The fraction of sp³-hybridized carbons (Fsp3) is 0.591. The maximum Gasteiger partial charge on any atom is 0.335 e. The third-order valence-electron chi connectivity index (χ3n) is 7.78. The predicted molar refractivity (Wildman–Crippen MR) is 102 cm³/mol. The van der Waals surface area contributed by atoms with Crippen LogP contribution in [0.25, 0.3) is 0 Å². The highest BCUT2D eigenvalue weighted by Crippen LogP contribution is 2.66. The highest BCUT2D eigenvalue weighted by molar-refractivity contribution is 5.93. The molecule has 26 heavy (non-hydrogen) atoms. The Morgan fingerprint density at radius 2 is 2.08 bits per heavy atom. The van der Waals surface area contributed by atoms with Gasteiger partial charge in [-0.15, -0.1) is 0 Å². The Morgan fingerprint density at radius 3 is 2.85 bits per heavy atom. The molecule has 2 fully saturated rings. The first-order valence-electron chi connectivity index (χ1n) is 9.98. The molecule has 0 N–H and O–H groups in total. The SMILES string of the molecule is CC[C@]12CCCN3CC[C@]4(C(=C(C(=O)OC)C1)N(C)c1ccccc14)C32. The lowest BCUT2D eigenvalue weighted by molar-refractivity contribution is -0.137. The van der Waals surface area contributed by atoms with E-state index >= 15 is 0 Å². The summed E-state index contributed by atoms with van der Waals surface area (Å²) >= 11 is 0. The smallest absolute Gasteiger partial charge is 0.335 e. The van der Waals surface area contributed by atoms with Crippen LogP contribution in [0, 0.1) is 5.41 Å². The Morgan fingerprint density at radius 1 is 1.27 bits per heavy atom. The van der Waals surface area contributed by atoms with Crippen molar-refractivity contribution in [2.24, 2.45) is 5.41 Å². The number of para-hydroxylation sites is 1. The van der Waals surface area contributed by atoms with Gasteiger partial charge in [-0.1, -0.05) is 25.1 Å². The summed E-state index contributed by atoms with van der Waals surface area (Å²) < 4.78 is 5.28. The number of hydrogen-bond donors (Lipinski definition) is 0. The molecule has 3 atom stereocenters. The van der Waals surface area contributed by atoms with Gasteiger partial charge in [0.25, 0.3) is 0 Å². The number of piperidine rings is 1. The van der Waals surface area contributed by atoms with Crippen LogP contribution in [0.3, 0.4) is 0 Å². The van der Waals surface area contributed by atoms with Crippen molar-refractivity contribution in [3.63, 3.8) is 0 Å². The maximum absolute atomic E-state index is 12.9. The number of rotatable bonds is 2. The lowest BCUT2D eigenvalue weighted by Crippen LogP contribution is -2.60. The molecule has 0 saturated carbocycles. The molecule has 5 rings (SSSR count). The van der Waals surface area contributed by atoms with E-state index in [0.717, 1.165) is 31.4 Å². The van der Waals surface area contributed by atoms with E-state index in [1.807, 2.05) is 0 Å². The number of ether oxygens (including phenoxy) is 1. The van der Waals surface area contributed by atoms with Gasteiger partial charge in [-0.05, 0) is 62.2 Å². The van der Waals surface area contributed by atoms with Crippen LogP contribution in [0.4, 0.5) is 5.69 Å². The van der Waals surface area contributed by atoms with Crippen molar-refractivity contribution < 1.29 is 9.53 Å². The third kappa shape index (κ3) is 1.72. The van der Waals surface area contributed by atoms with Gasteiger partial charge >= 0.3 is 5.97 Å². The Kier molecular flexibility index (Phi) is 3.37. The Bertz CT molecular complexity index is 816. The summed E-state index contributed by atoms with van der Waals surface area (Å²) in [4.78, 5) is 17.9. The molecule has 1 unspecified atom stereocenters. The lowest BCUT2D eigenvalue weighted by atomic mass is 9.53. The van der Waals surface area contributed by atoms with E-state index in [2.05, 4.69) is 48.0 Å². The predicted octanol–water partition coefficient (Wildman–Crippen LogP) is 3.47. The zero-order valence-electron chi connectivity index (χ0n) is 16.0. The highest BCUT2D eigenvalue weighted by atomic mass is 16.5. The summed E-state index contributed by atoms with van der Waals surface area (Å²) in [5, 5.41) is 0. The molecular formula is C22H28N2O2. The second-order valence-electron chi connectivity index (χ2n) is 8.55. The van der Waals surface area contributed by atoms with Crippen LogP contribution in [-0.2, 0) is 14.9 Å². The van der Waals surface area contributed by atoms with Crippen molar-refractivity contribution in [3.8, 4) is 0 Å². The molecule has 1 aromatic rings. The molecule has 0 bridgehead atoms. The molecule has 3 heterocycles. The fourth-order valence-electron chi connectivity index (χ4n) is 6.92. The molecule has 0 radical (unpaired) electrons. The van der Waals surface area contributed by atoms with Gasteiger partial charge in [0.15, 0.2) is 0 Å².